The minimum atomic E-state index is 0.853. The van der Waals surface area contributed by atoms with Crippen molar-refractivity contribution in [1.82, 2.24) is 14.5 Å². The van der Waals surface area contributed by atoms with Crippen LogP contribution in [-0.4, -0.2) is 14.5 Å². The zero-order chi connectivity index (χ0) is 11.7. The van der Waals surface area contributed by atoms with Gasteiger partial charge in [-0.25, -0.2) is 4.98 Å². The Bertz CT molecular complexity index is 641. The van der Waals surface area contributed by atoms with Crippen LogP contribution >= 0.6 is 0 Å². The molecule has 0 amide bonds. The van der Waals surface area contributed by atoms with Gasteiger partial charge in [0, 0.05) is 19.7 Å². The van der Waals surface area contributed by atoms with Crippen molar-refractivity contribution in [3.63, 3.8) is 0 Å². The fourth-order valence-corrected chi connectivity index (χ4v) is 2.04. The third-order valence-electron chi connectivity index (χ3n) is 2.98. The van der Waals surface area contributed by atoms with E-state index in [1.54, 1.807) is 6.20 Å². The van der Waals surface area contributed by atoms with Gasteiger partial charge >= 0.3 is 0 Å². The van der Waals surface area contributed by atoms with Crippen LogP contribution in [0.5, 0.6) is 0 Å². The van der Waals surface area contributed by atoms with Crippen molar-refractivity contribution in [2.75, 3.05) is 0 Å². The van der Waals surface area contributed by atoms with Crippen LogP contribution < -0.4 is 0 Å². The number of benzene rings is 1. The highest BCUT2D eigenvalue weighted by Gasteiger charge is 2.07. The predicted molar refractivity (Wildman–Crippen MR) is 67.8 cm³/mol. The zero-order valence-corrected chi connectivity index (χ0v) is 9.67. The van der Waals surface area contributed by atoms with E-state index in [-0.39, 0.29) is 0 Å². The van der Waals surface area contributed by atoms with Crippen molar-refractivity contribution in [2.45, 2.75) is 6.42 Å². The topological polar surface area (TPSA) is 30.7 Å². The fraction of sp³-hybridized carbons (Fsp3) is 0.143. The molecule has 0 fully saturated rings. The van der Waals surface area contributed by atoms with Crippen molar-refractivity contribution >= 4 is 11.0 Å². The van der Waals surface area contributed by atoms with Crippen LogP contribution in [0.25, 0.3) is 11.0 Å². The molecular formula is C14H13N3. The molecule has 0 saturated carbocycles. The number of hydrogen-bond acceptors (Lipinski definition) is 2. The maximum atomic E-state index is 4.61. The molecule has 0 radical (unpaired) electrons. The van der Waals surface area contributed by atoms with Gasteiger partial charge in [0.15, 0.2) is 0 Å². The van der Waals surface area contributed by atoms with Crippen LogP contribution in [-0.2, 0) is 13.5 Å². The zero-order valence-electron chi connectivity index (χ0n) is 9.67. The Morgan fingerprint density at radius 2 is 1.94 bits per heavy atom. The number of rotatable bonds is 2. The number of fused-ring (bicyclic) bond motifs is 1. The first-order chi connectivity index (χ1) is 8.34. The lowest BCUT2D eigenvalue weighted by molar-refractivity contribution is 0.844. The second-order valence-corrected chi connectivity index (χ2v) is 4.11. The summed E-state index contributed by atoms with van der Waals surface area (Å²) in [5.41, 5.74) is 3.37. The van der Waals surface area contributed by atoms with E-state index >= 15 is 0 Å². The highest BCUT2D eigenvalue weighted by Crippen LogP contribution is 2.15. The van der Waals surface area contributed by atoms with Crippen LogP contribution in [0.4, 0.5) is 0 Å². The molecule has 0 atom stereocenters. The lowest BCUT2D eigenvalue weighted by atomic mass is 10.1. The second-order valence-electron chi connectivity index (χ2n) is 4.11. The van der Waals surface area contributed by atoms with E-state index in [2.05, 4.69) is 38.8 Å². The van der Waals surface area contributed by atoms with Crippen molar-refractivity contribution < 1.29 is 0 Å². The SMILES string of the molecule is Cn1c(Cc2ccccc2)nc2cnccc21. The van der Waals surface area contributed by atoms with E-state index in [0.717, 1.165) is 23.3 Å². The van der Waals surface area contributed by atoms with Gasteiger partial charge in [-0.3, -0.25) is 4.98 Å². The maximum absolute atomic E-state index is 4.61. The Hall–Kier alpha value is -2.16. The fourth-order valence-electron chi connectivity index (χ4n) is 2.04. The molecule has 0 unspecified atom stereocenters. The third-order valence-corrected chi connectivity index (χ3v) is 2.98. The van der Waals surface area contributed by atoms with Crippen molar-refractivity contribution in [2.24, 2.45) is 7.05 Å². The van der Waals surface area contributed by atoms with E-state index in [4.69, 9.17) is 0 Å². The molecule has 3 heteroatoms. The molecule has 0 aliphatic rings. The number of nitrogens with zero attached hydrogens (tertiary/aromatic N) is 3. The highest BCUT2D eigenvalue weighted by molar-refractivity contribution is 5.74. The van der Waals surface area contributed by atoms with E-state index in [9.17, 15) is 0 Å². The van der Waals surface area contributed by atoms with Crippen molar-refractivity contribution in [1.29, 1.82) is 0 Å². The number of aromatic nitrogens is 3. The Labute approximate surface area is 99.8 Å². The molecule has 3 nitrogen and oxygen atoms in total. The van der Waals surface area contributed by atoms with Gasteiger partial charge in [0.1, 0.15) is 11.3 Å². The van der Waals surface area contributed by atoms with E-state index in [1.165, 1.54) is 5.56 Å². The molecular weight excluding hydrogens is 210 g/mol. The molecule has 0 bridgehead atoms. The molecule has 0 spiro atoms. The van der Waals surface area contributed by atoms with Gasteiger partial charge < -0.3 is 4.57 Å². The molecule has 0 N–H and O–H groups in total. The maximum Gasteiger partial charge on any atom is 0.114 e. The first-order valence-corrected chi connectivity index (χ1v) is 5.64. The molecule has 1 aromatic carbocycles. The van der Waals surface area contributed by atoms with E-state index in [1.807, 2.05) is 25.4 Å². The summed E-state index contributed by atoms with van der Waals surface area (Å²) in [6, 6.07) is 12.4. The summed E-state index contributed by atoms with van der Waals surface area (Å²) >= 11 is 0. The summed E-state index contributed by atoms with van der Waals surface area (Å²) in [7, 11) is 2.05. The lowest BCUT2D eigenvalue weighted by Crippen LogP contribution is -1.98. The third kappa shape index (κ3) is 1.80. The van der Waals surface area contributed by atoms with Crippen LogP contribution in [0.1, 0.15) is 11.4 Å². The van der Waals surface area contributed by atoms with Gasteiger partial charge in [0.25, 0.3) is 0 Å². The molecule has 0 aliphatic carbocycles. The molecule has 2 heterocycles. The first-order valence-electron chi connectivity index (χ1n) is 5.64. The molecule has 84 valence electrons. The molecule has 3 aromatic rings. The summed E-state index contributed by atoms with van der Waals surface area (Å²) in [6.45, 7) is 0. The second kappa shape index (κ2) is 4.01. The average Bonchev–Trinajstić information content (AvgIpc) is 2.68. The molecule has 2 aromatic heterocycles. The quantitative estimate of drug-likeness (QED) is 0.668. The summed E-state index contributed by atoms with van der Waals surface area (Å²) in [5.74, 6) is 1.07. The predicted octanol–water partition coefficient (Wildman–Crippen LogP) is 2.56. The monoisotopic (exact) mass is 223 g/mol. The molecule has 0 saturated heterocycles. The summed E-state index contributed by atoms with van der Waals surface area (Å²) in [5, 5.41) is 0. The average molecular weight is 223 g/mol. The van der Waals surface area contributed by atoms with Crippen molar-refractivity contribution in [3.8, 4) is 0 Å². The highest BCUT2D eigenvalue weighted by atomic mass is 15.1. The summed E-state index contributed by atoms with van der Waals surface area (Å²) < 4.78 is 2.13. The van der Waals surface area contributed by atoms with Crippen molar-refractivity contribution in [3.05, 3.63) is 60.2 Å². The molecule has 3 rings (SSSR count). The summed E-state index contributed by atoms with van der Waals surface area (Å²) in [4.78, 5) is 8.71. The minimum absolute atomic E-state index is 0.853. The summed E-state index contributed by atoms with van der Waals surface area (Å²) in [6.07, 6.45) is 4.46. The lowest BCUT2D eigenvalue weighted by Gasteiger charge is -2.02. The van der Waals surface area contributed by atoms with Crippen LogP contribution in [0.3, 0.4) is 0 Å². The number of aryl methyl sites for hydroxylation is 1. The Balaban J connectivity index is 2.04. The normalized spacial score (nSPS) is 10.9. The van der Waals surface area contributed by atoms with E-state index < -0.39 is 0 Å². The number of pyridine rings is 1. The minimum Gasteiger partial charge on any atom is -0.331 e. The van der Waals surface area contributed by atoms with Gasteiger partial charge in [0.2, 0.25) is 0 Å². The largest absolute Gasteiger partial charge is 0.331 e. The van der Waals surface area contributed by atoms with E-state index in [0.29, 0.717) is 0 Å². The van der Waals surface area contributed by atoms with Gasteiger partial charge in [-0.15, -0.1) is 0 Å². The first kappa shape index (κ1) is 10.0. The van der Waals surface area contributed by atoms with Gasteiger partial charge in [0.05, 0.1) is 11.7 Å². The van der Waals surface area contributed by atoms with Crippen LogP contribution in [0, 0.1) is 0 Å². The van der Waals surface area contributed by atoms with Gasteiger partial charge in [-0.2, -0.15) is 0 Å². The molecule has 0 aliphatic heterocycles. The van der Waals surface area contributed by atoms with Gasteiger partial charge in [-0.05, 0) is 11.6 Å². The number of imidazole rings is 1. The van der Waals surface area contributed by atoms with Gasteiger partial charge in [-0.1, -0.05) is 30.3 Å². The van der Waals surface area contributed by atoms with Crippen LogP contribution in [0.2, 0.25) is 0 Å². The Morgan fingerprint density at radius 1 is 1.12 bits per heavy atom. The standard InChI is InChI=1S/C14H13N3/c1-17-13-7-8-15-10-12(13)16-14(17)9-11-5-3-2-4-6-11/h2-8,10H,9H2,1H3. The Morgan fingerprint density at radius 3 is 2.71 bits per heavy atom. The number of hydrogen-bond donors (Lipinski definition) is 0. The van der Waals surface area contributed by atoms with Crippen LogP contribution in [0.15, 0.2) is 48.8 Å². The Kier molecular flexibility index (Phi) is 2.37. The smallest absolute Gasteiger partial charge is 0.114 e. The molecule has 17 heavy (non-hydrogen) atoms.